The molecule has 0 unspecified atom stereocenters. The van der Waals surface area contributed by atoms with Gasteiger partial charge in [-0.15, -0.1) is 0 Å². The molecule has 5 heteroatoms. The molecule has 0 saturated heterocycles. The Balaban J connectivity index is 2.02. The first kappa shape index (κ1) is 12.1. The monoisotopic (exact) mass is 284 g/mol. The van der Waals surface area contributed by atoms with E-state index in [-0.39, 0.29) is 12.6 Å². The van der Waals surface area contributed by atoms with Crippen molar-refractivity contribution in [1.29, 1.82) is 0 Å². The highest BCUT2D eigenvalue weighted by Gasteiger charge is 2.18. The van der Waals surface area contributed by atoms with Gasteiger partial charge in [-0.1, -0.05) is 0 Å². The van der Waals surface area contributed by atoms with E-state index in [1.165, 1.54) is 12.1 Å². The lowest BCUT2D eigenvalue weighted by Gasteiger charge is -2.09. The van der Waals surface area contributed by atoms with E-state index in [1.807, 2.05) is 29.7 Å². The summed E-state index contributed by atoms with van der Waals surface area (Å²) in [5.41, 5.74) is 9.27. The number of nitrogens with zero attached hydrogens (tertiary/aromatic N) is 1. The third kappa shape index (κ3) is 1.67. The van der Waals surface area contributed by atoms with Gasteiger partial charge in [-0.25, -0.2) is 4.39 Å². The molecule has 0 fully saturated rings. The molecule has 0 radical (unpaired) electrons. The van der Waals surface area contributed by atoms with Gasteiger partial charge in [0.25, 0.3) is 0 Å². The second-order valence-corrected chi connectivity index (χ2v) is 5.03. The summed E-state index contributed by atoms with van der Waals surface area (Å²) in [5.74, 6) is 1.11. The fourth-order valence-corrected chi connectivity index (χ4v) is 2.77. The third-order valence-electron chi connectivity index (χ3n) is 3.83. The molecule has 4 nitrogen and oxygen atoms in total. The van der Waals surface area contributed by atoms with E-state index >= 15 is 0 Å². The van der Waals surface area contributed by atoms with Crippen LogP contribution in [0.2, 0.25) is 0 Å². The summed E-state index contributed by atoms with van der Waals surface area (Å²) in [6.07, 6.45) is 0. The lowest BCUT2D eigenvalue weighted by Crippen LogP contribution is -1.98. The minimum absolute atomic E-state index is 0.223. The highest BCUT2D eigenvalue weighted by molar-refractivity contribution is 5.95. The van der Waals surface area contributed by atoms with Crippen molar-refractivity contribution < 1.29 is 13.9 Å². The number of fused-ring (bicyclic) bond motifs is 2. The maximum Gasteiger partial charge on any atom is 0.231 e. The summed E-state index contributed by atoms with van der Waals surface area (Å²) in [6.45, 7) is 2.14. The van der Waals surface area contributed by atoms with Gasteiger partial charge < -0.3 is 19.8 Å². The Morgan fingerprint density at radius 3 is 2.76 bits per heavy atom. The average Bonchev–Trinajstić information content (AvgIpc) is 3.02. The van der Waals surface area contributed by atoms with Gasteiger partial charge in [0, 0.05) is 22.8 Å². The first-order valence-electron chi connectivity index (χ1n) is 6.61. The van der Waals surface area contributed by atoms with Crippen molar-refractivity contribution in [3.8, 4) is 17.2 Å². The number of nitrogens with two attached hydrogens (primary N) is 1. The Kier molecular flexibility index (Phi) is 2.39. The molecule has 3 aromatic rings. The molecule has 2 N–H and O–H groups in total. The Morgan fingerprint density at radius 2 is 1.90 bits per heavy atom. The Labute approximate surface area is 120 Å². The van der Waals surface area contributed by atoms with Gasteiger partial charge in [0.15, 0.2) is 11.5 Å². The molecule has 1 aromatic heterocycles. The molecule has 106 valence electrons. The molecule has 0 saturated carbocycles. The Bertz CT molecular complexity index is 870. The van der Waals surface area contributed by atoms with Gasteiger partial charge >= 0.3 is 0 Å². The van der Waals surface area contributed by atoms with Crippen molar-refractivity contribution in [2.75, 3.05) is 12.5 Å². The number of benzene rings is 2. The molecule has 0 bridgehead atoms. The van der Waals surface area contributed by atoms with Crippen LogP contribution in [0.1, 0.15) is 5.69 Å². The van der Waals surface area contributed by atoms with Crippen molar-refractivity contribution in [2.45, 2.75) is 6.92 Å². The molecule has 0 atom stereocenters. The number of nitrogen functional groups attached to an aromatic ring is 1. The van der Waals surface area contributed by atoms with Gasteiger partial charge in [0.1, 0.15) is 5.82 Å². The van der Waals surface area contributed by atoms with Gasteiger partial charge in [0.05, 0.1) is 11.2 Å². The number of anilines is 1. The SMILES string of the molecule is Cc1c(N)c2ccc(F)cc2n1-c1ccc2c(c1)OCO2. The lowest BCUT2D eigenvalue weighted by atomic mass is 10.2. The van der Waals surface area contributed by atoms with Crippen LogP contribution in [0.15, 0.2) is 36.4 Å². The summed E-state index contributed by atoms with van der Waals surface area (Å²) < 4.78 is 26.2. The number of halogens is 1. The van der Waals surface area contributed by atoms with Crippen molar-refractivity contribution in [2.24, 2.45) is 0 Å². The minimum Gasteiger partial charge on any atom is -0.454 e. The summed E-state index contributed by atoms with van der Waals surface area (Å²) in [4.78, 5) is 0. The standard InChI is InChI=1S/C16H13FN2O2/c1-9-16(18)12-4-2-10(17)6-13(12)19(9)11-3-5-14-15(7-11)21-8-20-14/h2-7H,8,18H2,1H3. The minimum atomic E-state index is -0.290. The zero-order valence-electron chi connectivity index (χ0n) is 11.4. The topological polar surface area (TPSA) is 49.4 Å². The zero-order valence-corrected chi connectivity index (χ0v) is 11.4. The van der Waals surface area contributed by atoms with Gasteiger partial charge in [-0.2, -0.15) is 0 Å². The normalized spacial score (nSPS) is 13.0. The molecule has 1 aliphatic heterocycles. The largest absolute Gasteiger partial charge is 0.454 e. The Hall–Kier alpha value is -2.69. The highest BCUT2D eigenvalue weighted by atomic mass is 19.1. The van der Waals surface area contributed by atoms with Crippen LogP contribution in [-0.2, 0) is 0 Å². The molecule has 2 heterocycles. The number of ether oxygens (including phenoxy) is 2. The quantitative estimate of drug-likeness (QED) is 0.745. The van der Waals surface area contributed by atoms with Crippen LogP contribution < -0.4 is 15.2 Å². The van der Waals surface area contributed by atoms with Crippen LogP contribution in [0.3, 0.4) is 0 Å². The van der Waals surface area contributed by atoms with Crippen LogP contribution >= 0.6 is 0 Å². The maximum absolute atomic E-state index is 13.6. The number of hydrogen-bond acceptors (Lipinski definition) is 3. The van der Waals surface area contributed by atoms with Gasteiger partial charge in [-0.3, -0.25) is 0 Å². The predicted molar refractivity (Wildman–Crippen MR) is 78.5 cm³/mol. The maximum atomic E-state index is 13.6. The Morgan fingerprint density at radius 1 is 1.10 bits per heavy atom. The molecule has 0 amide bonds. The molecule has 1 aliphatic rings. The first-order valence-corrected chi connectivity index (χ1v) is 6.61. The van der Waals surface area contributed by atoms with Crippen LogP contribution in [0.5, 0.6) is 11.5 Å². The van der Waals surface area contributed by atoms with Crippen molar-refractivity contribution >= 4 is 16.6 Å². The molecule has 4 rings (SSSR count). The number of aromatic nitrogens is 1. The van der Waals surface area contributed by atoms with E-state index in [1.54, 1.807) is 6.07 Å². The summed E-state index contributed by atoms with van der Waals surface area (Å²) in [7, 11) is 0. The summed E-state index contributed by atoms with van der Waals surface area (Å²) >= 11 is 0. The second-order valence-electron chi connectivity index (χ2n) is 5.03. The molecule has 2 aromatic carbocycles. The third-order valence-corrected chi connectivity index (χ3v) is 3.83. The van der Waals surface area contributed by atoms with Crippen LogP contribution in [0.4, 0.5) is 10.1 Å². The van der Waals surface area contributed by atoms with E-state index < -0.39 is 0 Å². The second kappa shape index (κ2) is 4.15. The van der Waals surface area contributed by atoms with Crippen LogP contribution in [0, 0.1) is 12.7 Å². The van der Waals surface area contributed by atoms with Gasteiger partial charge in [-0.05, 0) is 37.3 Å². The lowest BCUT2D eigenvalue weighted by molar-refractivity contribution is 0.174. The molecular formula is C16H13FN2O2. The summed E-state index contributed by atoms with van der Waals surface area (Å²) in [6, 6.07) is 10.2. The first-order chi connectivity index (χ1) is 10.1. The number of rotatable bonds is 1. The number of hydrogen-bond donors (Lipinski definition) is 1. The zero-order chi connectivity index (χ0) is 14.6. The van der Waals surface area contributed by atoms with E-state index in [4.69, 9.17) is 15.2 Å². The average molecular weight is 284 g/mol. The van der Waals surface area contributed by atoms with Crippen molar-refractivity contribution in [3.05, 3.63) is 47.9 Å². The fourth-order valence-electron chi connectivity index (χ4n) is 2.77. The van der Waals surface area contributed by atoms with E-state index in [2.05, 4.69) is 0 Å². The smallest absolute Gasteiger partial charge is 0.231 e. The molecule has 0 spiro atoms. The summed E-state index contributed by atoms with van der Waals surface area (Å²) in [5, 5.41) is 0.839. The van der Waals surface area contributed by atoms with Gasteiger partial charge in [0.2, 0.25) is 6.79 Å². The van der Waals surface area contributed by atoms with Crippen LogP contribution in [0.25, 0.3) is 16.6 Å². The van der Waals surface area contributed by atoms with E-state index in [0.717, 1.165) is 22.3 Å². The molecule has 0 aliphatic carbocycles. The highest BCUT2D eigenvalue weighted by Crippen LogP contribution is 2.37. The predicted octanol–water partition coefficient (Wildman–Crippen LogP) is 3.39. The van der Waals surface area contributed by atoms with E-state index in [0.29, 0.717) is 17.2 Å². The fraction of sp³-hybridized carbons (Fsp3) is 0.125. The van der Waals surface area contributed by atoms with Crippen molar-refractivity contribution in [1.82, 2.24) is 4.57 Å². The van der Waals surface area contributed by atoms with E-state index in [9.17, 15) is 4.39 Å². The molecular weight excluding hydrogens is 271 g/mol. The van der Waals surface area contributed by atoms with Crippen LogP contribution in [-0.4, -0.2) is 11.4 Å². The van der Waals surface area contributed by atoms with Crippen molar-refractivity contribution in [3.63, 3.8) is 0 Å². The molecule has 21 heavy (non-hydrogen) atoms.